The summed E-state index contributed by atoms with van der Waals surface area (Å²) in [5, 5.41) is 5.21. The lowest BCUT2D eigenvalue weighted by Gasteiger charge is -2.26. The Kier molecular flexibility index (Phi) is 5.07. The van der Waals surface area contributed by atoms with Crippen LogP contribution in [0.3, 0.4) is 0 Å². The molecule has 1 N–H and O–H groups in total. The minimum absolute atomic E-state index is 0.166. The number of nitrogens with zero attached hydrogens (tertiary/aromatic N) is 2. The first-order valence-corrected chi connectivity index (χ1v) is 8.33. The third-order valence-corrected chi connectivity index (χ3v) is 4.38. The molecule has 0 spiro atoms. The van der Waals surface area contributed by atoms with Gasteiger partial charge in [0.25, 0.3) is 0 Å². The molecule has 1 fully saturated rings. The minimum Gasteiger partial charge on any atom is -0.465 e. The van der Waals surface area contributed by atoms with Crippen LogP contribution in [-0.4, -0.2) is 55.3 Å². The number of morpholine rings is 1. The summed E-state index contributed by atoms with van der Waals surface area (Å²) in [4.78, 5) is 29.7. The lowest BCUT2D eigenvalue weighted by Crippen LogP contribution is -2.43. The van der Waals surface area contributed by atoms with E-state index in [1.54, 1.807) is 29.2 Å². The van der Waals surface area contributed by atoms with Crippen LogP contribution < -0.4 is 5.32 Å². The zero-order valence-corrected chi connectivity index (χ0v) is 14.0. The molecule has 0 saturated carbocycles. The molecular weight excluding hydrogens is 330 g/mol. The van der Waals surface area contributed by atoms with Gasteiger partial charge in [0, 0.05) is 24.0 Å². The molecule has 2 heterocycles. The van der Waals surface area contributed by atoms with Gasteiger partial charge < -0.3 is 14.4 Å². The summed E-state index contributed by atoms with van der Waals surface area (Å²) in [5.74, 6) is -0.377. The fraction of sp³-hybridized carbons (Fsp3) is 0.312. The Morgan fingerprint density at radius 2 is 1.96 bits per heavy atom. The predicted molar refractivity (Wildman–Crippen MR) is 90.3 cm³/mol. The summed E-state index contributed by atoms with van der Waals surface area (Å²) >= 11 is 1.36. The number of benzene rings is 1. The number of urea groups is 1. The third kappa shape index (κ3) is 3.72. The fourth-order valence-electron chi connectivity index (χ4n) is 2.30. The smallest absolute Gasteiger partial charge is 0.337 e. The Hall–Kier alpha value is -2.45. The first-order chi connectivity index (χ1) is 11.7. The Morgan fingerprint density at radius 1 is 1.25 bits per heavy atom. The van der Waals surface area contributed by atoms with Gasteiger partial charge in [-0.2, -0.15) is 0 Å². The number of nitrogens with one attached hydrogen (secondary N) is 1. The number of methoxy groups -OCH3 is 1. The van der Waals surface area contributed by atoms with Gasteiger partial charge in [-0.05, 0) is 12.1 Å². The lowest BCUT2D eigenvalue weighted by atomic mass is 10.1. The highest BCUT2D eigenvalue weighted by molar-refractivity contribution is 7.14. The number of thiazole rings is 1. The molecule has 7 nitrogen and oxygen atoms in total. The van der Waals surface area contributed by atoms with Crippen molar-refractivity contribution in [3.05, 3.63) is 35.2 Å². The monoisotopic (exact) mass is 347 g/mol. The van der Waals surface area contributed by atoms with Crippen molar-refractivity contribution in [3.8, 4) is 11.3 Å². The van der Waals surface area contributed by atoms with Crippen molar-refractivity contribution < 1.29 is 19.1 Å². The van der Waals surface area contributed by atoms with E-state index in [2.05, 4.69) is 15.0 Å². The van der Waals surface area contributed by atoms with Gasteiger partial charge in [0.1, 0.15) is 0 Å². The van der Waals surface area contributed by atoms with Crippen LogP contribution in [-0.2, 0) is 9.47 Å². The van der Waals surface area contributed by atoms with E-state index in [0.29, 0.717) is 37.0 Å². The van der Waals surface area contributed by atoms with Gasteiger partial charge in [-0.25, -0.2) is 14.6 Å². The first kappa shape index (κ1) is 16.4. The number of carbonyl (C=O) groups excluding carboxylic acids is 2. The normalized spacial score (nSPS) is 14.3. The topological polar surface area (TPSA) is 80.8 Å². The molecular formula is C16H17N3O4S. The Labute approximate surface area is 143 Å². The molecule has 1 aliphatic heterocycles. The third-order valence-electron chi connectivity index (χ3n) is 3.62. The second-order valence-electron chi connectivity index (χ2n) is 5.14. The molecule has 1 aromatic heterocycles. The second-order valence-corrected chi connectivity index (χ2v) is 5.99. The van der Waals surface area contributed by atoms with Crippen LogP contribution in [0.5, 0.6) is 0 Å². The summed E-state index contributed by atoms with van der Waals surface area (Å²) in [6.45, 7) is 2.28. The number of amides is 2. The Morgan fingerprint density at radius 3 is 2.62 bits per heavy atom. The lowest BCUT2D eigenvalue weighted by molar-refractivity contribution is 0.0564. The van der Waals surface area contributed by atoms with Crippen molar-refractivity contribution in [2.75, 3.05) is 38.7 Å². The van der Waals surface area contributed by atoms with E-state index < -0.39 is 0 Å². The van der Waals surface area contributed by atoms with Gasteiger partial charge in [0.15, 0.2) is 5.13 Å². The number of rotatable bonds is 3. The van der Waals surface area contributed by atoms with E-state index in [0.717, 1.165) is 11.3 Å². The average Bonchev–Trinajstić information content (AvgIpc) is 3.10. The van der Waals surface area contributed by atoms with Crippen molar-refractivity contribution in [2.24, 2.45) is 0 Å². The van der Waals surface area contributed by atoms with Crippen LogP contribution >= 0.6 is 11.3 Å². The standard InChI is InChI=1S/C16H17N3O4S/c1-22-14(20)12-4-2-11(3-5-12)13-10-24-15(17-13)18-16(21)19-6-8-23-9-7-19/h2-5,10H,6-9H2,1H3,(H,17,18,21). The van der Waals surface area contributed by atoms with E-state index in [9.17, 15) is 9.59 Å². The molecule has 0 bridgehead atoms. The second kappa shape index (κ2) is 7.41. The van der Waals surface area contributed by atoms with Crippen molar-refractivity contribution in [1.82, 2.24) is 9.88 Å². The summed E-state index contributed by atoms with van der Waals surface area (Å²) in [6, 6.07) is 6.81. The maximum atomic E-state index is 12.1. The largest absolute Gasteiger partial charge is 0.465 e. The highest BCUT2D eigenvalue weighted by atomic mass is 32.1. The zero-order valence-electron chi connectivity index (χ0n) is 13.2. The number of hydrogen-bond acceptors (Lipinski definition) is 6. The number of anilines is 1. The van der Waals surface area contributed by atoms with Gasteiger partial charge in [-0.1, -0.05) is 12.1 Å². The molecule has 126 valence electrons. The number of esters is 1. The quantitative estimate of drug-likeness (QED) is 0.863. The number of hydrogen-bond donors (Lipinski definition) is 1. The summed E-state index contributed by atoms with van der Waals surface area (Å²) in [7, 11) is 1.35. The maximum absolute atomic E-state index is 12.1. The molecule has 2 amide bonds. The van der Waals surface area contributed by atoms with E-state index >= 15 is 0 Å². The number of ether oxygens (including phenoxy) is 2. The van der Waals surface area contributed by atoms with Crippen LogP contribution in [0.15, 0.2) is 29.6 Å². The van der Waals surface area contributed by atoms with E-state index in [1.165, 1.54) is 18.4 Å². The highest BCUT2D eigenvalue weighted by Crippen LogP contribution is 2.25. The maximum Gasteiger partial charge on any atom is 0.337 e. The average molecular weight is 347 g/mol. The van der Waals surface area contributed by atoms with Crippen LogP contribution in [0.25, 0.3) is 11.3 Å². The molecule has 0 atom stereocenters. The first-order valence-electron chi connectivity index (χ1n) is 7.45. The van der Waals surface area contributed by atoms with Gasteiger partial charge in [0.2, 0.25) is 0 Å². The van der Waals surface area contributed by atoms with Gasteiger partial charge in [-0.15, -0.1) is 11.3 Å². The van der Waals surface area contributed by atoms with Gasteiger partial charge in [0.05, 0.1) is 31.6 Å². The molecule has 24 heavy (non-hydrogen) atoms. The summed E-state index contributed by atoms with van der Waals surface area (Å²) < 4.78 is 9.90. The molecule has 3 rings (SSSR count). The zero-order chi connectivity index (χ0) is 16.9. The summed E-state index contributed by atoms with van der Waals surface area (Å²) in [6.07, 6.45) is 0. The van der Waals surface area contributed by atoms with Crippen molar-refractivity contribution >= 4 is 28.5 Å². The molecule has 1 aliphatic rings. The SMILES string of the molecule is COC(=O)c1ccc(-c2csc(NC(=O)N3CCOCC3)n2)cc1. The minimum atomic E-state index is -0.377. The van der Waals surface area contributed by atoms with Crippen molar-refractivity contribution in [2.45, 2.75) is 0 Å². The van der Waals surface area contributed by atoms with E-state index in [4.69, 9.17) is 4.74 Å². The van der Waals surface area contributed by atoms with E-state index in [-0.39, 0.29) is 12.0 Å². The molecule has 8 heteroatoms. The Bertz CT molecular complexity index is 723. The molecule has 0 unspecified atom stereocenters. The van der Waals surface area contributed by atoms with Crippen LogP contribution in [0, 0.1) is 0 Å². The highest BCUT2D eigenvalue weighted by Gasteiger charge is 2.18. The molecule has 1 aromatic carbocycles. The van der Waals surface area contributed by atoms with Gasteiger partial charge >= 0.3 is 12.0 Å². The molecule has 1 saturated heterocycles. The number of carbonyl (C=O) groups is 2. The van der Waals surface area contributed by atoms with E-state index in [1.807, 2.05) is 5.38 Å². The van der Waals surface area contributed by atoms with Crippen LogP contribution in [0.1, 0.15) is 10.4 Å². The predicted octanol–water partition coefficient (Wildman–Crippen LogP) is 2.46. The van der Waals surface area contributed by atoms with Crippen molar-refractivity contribution in [3.63, 3.8) is 0 Å². The molecule has 2 aromatic rings. The van der Waals surface area contributed by atoms with Gasteiger partial charge in [-0.3, -0.25) is 5.32 Å². The van der Waals surface area contributed by atoms with Crippen LogP contribution in [0.2, 0.25) is 0 Å². The number of aromatic nitrogens is 1. The fourth-order valence-corrected chi connectivity index (χ4v) is 3.00. The summed E-state index contributed by atoms with van der Waals surface area (Å²) in [5.41, 5.74) is 2.09. The molecule has 0 radical (unpaired) electrons. The Balaban J connectivity index is 1.66. The molecule has 0 aliphatic carbocycles. The van der Waals surface area contributed by atoms with Crippen LogP contribution in [0.4, 0.5) is 9.93 Å². The van der Waals surface area contributed by atoms with Crippen molar-refractivity contribution in [1.29, 1.82) is 0 Å².